The SMILES string of the molecule is Cc1ccc(C(=O)c2ccc3c(c2)CCC3)c(F)c1. The molecule has 0 heterocycles. The van der Waals surface area contributed by atoms with Gasteiger partial charge in [-0.15, -0.1) is 0 Å². The molecule has 2 heteroatoms. The predicted octanol–water partition coefficient (Wildman–Crippen LogP) is 3.85. The lowest BCUT2D eigenvalue weighted by atomic mass is 9.98. The summed E-state index contributed by atoms with van der Waals surface area (Å²) in [7, 11) is 0. The molecule has 19 heavy (non-hydrogen) atoms. The smallest absolute Gasteiger partial charge is 0.195 e. The number of ketones is 1. The number of fused-ring (bicyclic) bond motifs is 1. The van der Waals surface area contributed by atoms with Crippen LogP contribution in [0, 0.1) is 12.7 Å². The summed E-state index contributed by atoms with van der Waals surface area (Å²) in [6.07, 6.45) is 3.25. The normalized spacial score (nSPS) is 13.4. The van der Waals surface area contributed by atoms with E-state index in [4.69, 9.17) is 0 Å². The van der Waals surface area contributed by atoms with Crippen molar-refractivity contribution in [2.45, 2.75) is 26.2 Å². The quantitative estimate of drug-likeness (QED) is 0.744. The van der Waals surface area contributed by atoms with Crippen molar-refractivity contribution in [3.8, 4) is 0 Å². The first kappa shape index (κ1) is 12.1. The highest BCUT2D eigenvalue weighted by atomic mass is 19.1. The van der Waals surface area contributed by atoms with Gasteiger partial charge in [-0.25, -0.2) is 4.39 Å². The van der Waals surface area contributed by atoms with Crippen molar-refractivity contribution in [2.75, 3.05) is 0 Å². The van der Waals surface area contributed by atoms with Crippen molar-refractivity contribution in [3.63, 3.8) is 0 Å². The number of carbonyl (C=O) groups is 1. The van der Waals surface area contributed by atoms with E-state index in [0.29, 0.717) is 5.56 Å². The summed E-state index contributed by atoms with van der Waals surface area (Å²) >= 11 is 0. The lowest BCUT2D eigenvalue weighted by molar-refractivity contribution is 0.103. The highest BCUT2D eigenvalue weighted by Crippen LogP contribution is 2.24. The average Bonchev–Trinajstić information content (AvgIpc) is 2.85. The molecule has 0 atom stereocenters. The summed E-state index contributed by atoms with van der Waals surface area (Å²) in [6, 6.07) is 10.5. The van der Waals surface area contributed by atoms with Crippen LogP contribution in [0.3, 0.4) is 0 Å². The van der Waals surface area contributed by atoms with Gasteiger partial charge in [-0.05, 0) is 61.1 Å². The maximum Gasteiger partial charge on any atom is 0.195 e. The van der Waals surface area contributed by atoms with E-state index in [1.54, 1.807) is 12.1 Å². The van der Waals surface area contributed by atoms with E-state index in [9.17, 15) is 9.18 Å². The molecule has 0 saturated carbocycles. The third-order valence-electron chi connectivity index (χ3n) is 3.73. The number of benzene rings is 2. The van der Waals surface area contributed by atoms with Crippen molar-refractivity contribution in [1.82, 2.24) is 0 Å². The molecule has 0 bridgehead atoms. The highest BCUT2D eigenvalue weighted by Gasteiger charge is 2.17. The minimum atomic E-state index is -0.439. The summed E-state index contributed by atoms with van der Waals surface area (Å²) in [6.45, 7) is 1.81. The molecule has 0 aromatic heterocycles. The Labute approximate surface area is 112 Å². The Morgan fingerprint density at radius 1 is 1.05 bits per heavy atom. The molecule has 1 nitrogen and oxygen atoms in total. The first-order chi connectivity index (χ1) is 9.15. The van der Waals surface area contributed by atoms with Crippen LogP contribution in [0.4, 0.5) is 4.39 Å². The second-order valence-corrected chi connectivity index (χ2v) is 5.15. The lowest BCUT2D eigenvalue weighted by Gasteiger charge is -2.06. The highest BCUT2D eigenvalue weighted by molar-refractivity contribution is 6.09. The van der Waals surface area contributed by atoms with Gasteiger partial charge in [0.25, 0.3) is 0 Å². The van der Waals surface area contributed by atoms with Crippen LogP contribution in [0.2, 0.25) is 0 Å². The van der Waals surface area contributed by atoms with Crippen LogP contribution in [0.5, 0.6) is 0 Å². The number of halogens is 1. The maximum atomic E-state index is 13.8. The standard InChI is InChI=1S/C17H15FO/c1-11-5-8-15(16(18)9-11)17(19)14-7-6-12-3-2-4-13(12)10-14/h5-10H,2-4H2,1H3. The second-order valence-electron chi connectivity index (χ2n) is 5.15. The molecule has 0 saturated heterocycles. The van der Waals surface area contributed by atoms with Crippen molar-refractivity contribution in [3.05, 3.63) is 70.0 Å². The molecule has 3 rings (SSSR count). The lowest BCUT2D eigenvalue weighted by Crippen LogP contribution is -2.05. The molecule has 0 fully saturated rings. The zero-order valence-corrected chi connectivity index (χ0v) is 10.9. The molecule has 1 aliphatic carbocycles. The van der Waals surface area contributed by atoms with E-state index in [1.807, 2.05) is 25.1 Å². The molecule has 2 aromatic rings. The van der Waals surface area contributed by atoms with E-state index >= 15 is 0 Å². The van der Waals surface area contributed by atoms with Crippen LogP contribution < -0.4 is 0 Å². The molecule has 0 spiro atoms. The number of rotatable bonds is 2. The van der Waals surface area contributed by atoms with Gasteiger partial charge in [0.05, 0.1) is 5.56 Å². The fourth-order valence-electron chi connectivity index (χ4n) is 2.67. The van der Waals surface area contributed by atoms with Gasteiger partial charge in [-0.1, -0.05) is 18.2 Å². The van der Waals surface area contributed by atoms with Crippen LogP contribution in [0.15, 0.2) is 36.4 Å². The molecule has 96 valence electrons. The minimum absolute atomic E-state index is 0.156. The van der Waals surface area contributed by atoms with Crippen LogP contribution in [-0.4, -0.2) is 5.78 Å². The Bertz CT molecular complexity index is 658. The molecular formula is C17H15FO. The molecule has 0 unspecified atom stereocenters. The maximum absolute atomic E-state index is 13.8. The van der Waals surface area contributed by atoms with Crippen LogP contribution in [0.25, 0.3) is 0 Å². The Morgan fingerprint density at radius 3 is 2.63 bits per heavy atom. The van der Waals surface area contributed by atoms with Crippen molar-refractivity contribution in [1.29, 1.82) is 0 Å². The van der Waals surface area contributed by atoms with Gasteiger partial charge in [-0.3, -0.25) is 4.79 Å². The Balaban J connectivity index is 2.00. The van der Waals surface area contributed by atoms with Gasteiger partial charge >= 0.3 is 0 Å². The van der Waals surface area contributed by atoms with E-state index in [-0.39, 0.29) is 11.3 Å². The van der Waals surface area contributed by atoms with Crippen LogP contribution in [0.1, 0.15) is 39.0 Å². The summed E-state index contributed by atoms with van der Waals surface area (Å²) in [5, 5.41) is 0. The Hall–Kier alpha value is -1.96. The van der Waals surface area contributed by atoms with E-state index in [0.717, 1.165) is 24.8 Å². The average molecular weight is 254 g/mol. The molecule has 0 aliphatic heterocycles. The topological polar surface area (TPSA) is 17.1 Å². The predicted molar refractivity (Wildman–Crippen MR) is 73.0 cm³/mol. The molecule has 0 amide bonds. The third kappa shape index (κ3) is 2.19. The fraction of sp³-hybridized carbons (Fsp3) is 0.235. The number of aryl methyl sites for hydroxylation is 3. The van der Waals surface area contributed by atoms with Gasteiger partial charge in [0, 0.05) is 5.56 Å². The van der Waals surface area contributed by atoms with Crippen LogP contribution in [-0.2, 0) is 12.8 Å². The largest absolute Gasteiger partial charge is 0.288 e. The summed E-state index contributed by atoms with van der Waals surface area (Å²) < 4.78 is 13.8. The van der Waals surface area contributed by atoms with E-state index in [2.05, 4.69) is 0 Å². The summed E-state index contributed by atoms with van der Waals surface area (Å²) in [4.78, 5) is 12.3. The third-order valence-corrected chi connectivity index (χ3v) is 3.73. The van der Waals surface area contributed by atoms with Gasteiger partial charge in [-0.2, -0.15) is 0 Å². The van der Waals surface area contributed by atoms with Gasteiger partial charge < -0.3 is 0 Å². The number of hydrogen-bond acceptors (Lipinski definition) is 1. The number of hydrogen-bond donors (Lipinski definition) is 0. The Morgan fingerprint density at radius 2 is 1.84 bits per heavy atom. The first-order valence-electron chi connectivity index (χ1n) is 6.58. The first-order valence-corrected chi connectivity index (χ1v) is 6.58. The molecule has 2 aromatic carbocycles. The zero-order chi connectivity index (χ0) is 13.4. The van der Waals surface area contributed by atoms with Crippen molar-refractivity contribution in [2.24, 2.45) is 0 Å². The molecule has 0 N–H and O–H groups in total. The van der Waals surface area contributed by atoms with E-state index < -0.39 is 5.82 Å². The van der Waals surface area contributed by atoms with E-state index in [1.165, 1.54) is 17.2 Å². The zero-order valence-electron chi connectivity index (χ0n) is 10.9. The fourth-order valence-corrected chi connectivity index (χ4v) is 2.67. The van der Waals surface area contributed by atoms with Gasteiger partial charge in [0.2, 0.25) is 0 Å². The second kappa shape index (κ2) is 4.61. The molecule has 1 aliphatic rings. The number of carbonyl (C=O) groups excluding carboxylic acids is 1. The molecule has 0 radical (unpaired) electrons. The van der Waals surface area contributed by atoms with Gasteiger partial charge in [0.15, 0.2) is 5.78 Å². The monoisotopic (exact) mass is 254 g/mol. The van der Waals surface area contributed by atoms with Crippen molar-refractivity contribution < 1.29 is 9.18 Å². The molecular weight excluding hydrogens is 239 g/mol. The minimum Gasteiger partial charge on any atom is -0.288 e. The van der Waals surface area contributed by atoms with Crippen LogP contribution >= 0.6 is 0 Å². The van der Waals surface area contributed by atoms with Gasteiger partial charge in [0.1, 0.15) is 5.82 Å². The Kier molecular flexibility index (Phi) is 2.94. The summed E-state index contributed by atoms with van der Waals surface area (Å²) in [5.74, 6) is -0.669. The van der Waals surface area contributed by atoms with Crippen molar-refractivity contribution >= 4 is 5.78 Å². The summed E-state index contributed by atoms with van der Waals surface area (Å²) in [5.41, 5.74) is 4.12.